The minimum absolute atomic E-state index is 0.00303. The van der Waals surface area contributed by atoms with Gasteiger partial charge in [-0.15, -0.1) is 0 Å². The highest BCUT2D eigenvalue weighted by atomic mass is 16.4. The van der Waals surface area contributed by atoms with Gasteiger partial charge in [0.2, 0.25) is 29.5 Å². The van der Waals surface area contributed by atoms with Gasteiger partial charge in [0, 0.05) is 12.8 Å². The van der Waals surface area contributed by atoms with E-state index in [4.69, 9.17) is 10.8 Å². The topological polar surface area (TPSA) is 217 Å². The van der Waals surface area contributed by atoms with Crippen molar-refractivity contribution in [3.8, 4) is 0 Å². The zero-order chi connectivity index (χ0) is 31.4. The van der Waals surface area contributed by atoms with E-state index in [1.807, 2.05) is 36.4 Å². The molecule has 5 amide bonds. The Balaban J connectivity index is 2.22. The van der Waals surface area contributed by atoms with E-state index in [9.17, 15) is 33.9 Å². The number of aliphatic hydroxyl groups excluding tert-OH is 1. The van der Waals surface area contributed by atoms with Gasteiger partial charge in [0.1, 0.15) is 18.1 Å². The van der Waals surface area contributed by atoms with Gasteiger partial charge in [0.25, 0.3) is 0 Å². The molecule has 0 aliphatic rings. The van der Waals surface area contributed by atoms with Crippen molar-refractivity contribution < 1.29 is 39.0 Å². The number of carboxylic acid groups (broad SMARTS) is 1. The summed E-state index contributed by atoms with van der Waals surface area (Å²) in [6.07, 6.45) is -1.42. The van der Waals surface area contributed by atoms with Crippen molar-refractivity contribution in [3.63, 3.8) is 0 Å². The summed E-state index contributed by atoms with van der Waals surface area (Å²) in [5, 5.41) is 30.2. The second kappa shape index (κ2) is 16.1. The van der Waals surface area contributed by atoms with Crippen molar-refractivity contribution in [3.05, 3.63) is 48.0 Å². The van der Waals surface area contributed by atoms with E-state index in [1.54, 1.807) is 19.9 Å². The third-order valence-corrected chi connectivity index (χ3v) is 6.59. The molecule has 2 rings (SSSR count). The standard InChI is InChI=1S/C29H39N5O8/c1-16(2)23(15-35)34-27(40)17(3)31-28(41)22(14-24(30)36)33-29(42)21(32-25(37)10-11-26(38)39)13-18-8-9-19-6-4-5-7-20(19)12-18/h4-9,12,16-17,21-23,35H,10-11,13-15H2,1-3H3,(H2,30,36)(H,31,41)(H,32,37)(H,33,42)(H,34,40)(H,38,39)/t17-,21-,22-,23+/m0/s1. The Morgan fingerprint density at radius 2 is 1.43 bits per heavy atom. The summed E-state index contributed by atoms with van der Waals surface area (Å²) in [6.45, 7) is 4.70. The molecule has 0 aliphatic heterocycles. The maximum Gasteiger partial charge on any atom is 0.303 e. The van der Waals surface area contributed by atoms with E-state index >= 15 is 0 Å². The minimum Gasteiger partial charge on any atom is -0.481 e. The molecule has 0 fully saturated rings. The van der Waals surface area contributed by atoms with Crippen molar-refractivity contribution in [2.75, 3.05) is 6.61 Å². The summed E-state index contributed by atoms with van der Waals surface area (Å²) in [4.78, 5) is 74.1. The number of rotatable bonds is 16. The molecule has 0 aliphatic carbocycles. The fraction of sp³-hybridized carbons (Fsp3) is 0.448. The van der Waals surface area contributed by atoms with Crippen LogP contribution in [0.15, 0.2) is 42.5 Å². The first-order valence-corrected chi connectivity index (χ1v) is 13.6. The fourth-order valence-corrected chi connectivity index (χ4v) is 4.09. The number of amides is 5. The number of hydrogen-bond donors (Lipinski definition) is 7. The molecule has 0 saturated heterocycles. The van der Waals surface area contributed by atoms with Crippen molar-refractivity contribution in [2.24, 2.45) is 11.7 Å². The van der Waals surface area contributed by atoms with E-state index in [0.717, 1.165) is 10.8 Å². The zero-order valence-corrected chi connectivity index (χ0v) is 23.9. The highest BCUT2D eigenvalue weighted by Gasteiger charge is 2.30. The normalized spacial score (nSPS) is 13.8. The maximum absolute atomic E-state index is 13.4. The first-order chi connectivity index (χ1) is 19.8. The van der Waals surface area contributed by atoms with Crippen molar-refractivity contribution >= 4 is 46.3 Å². The first kappa shape index (κ1) is 33.7. The molecule has 0 unspecified atom stereocenters. The predicted molar refractivity (Wildman–Crippen MR) is 154 cm³/mol. The second-order valence-electron chi connectivity index (χ2n) is 10.4. The molecule has 13 heteroatoms. The van der Waals surface area contributed by atoms with E-state index in [-0.39, 0.29) is 25.4 Å². The minimum atomic E-state index is -1.47. The van der Waals surface area contributed by atoms with Crippen LogP contribution in [-0.2, 0) is 35.2 Å². The molecule has 0 radical (unpaired) electrons. The largest absolute Gasteiger partial charge is 0.481 e. The Hall–Kier alpha value is -4.52. The molecule has 0 spiro atoms. The summed E-state index contributed by atoms with van der Waals surface area (Å²) in [7, 11) is 0. The molecule has 0 bridgehead atoms. The summed E-state index contributed by atoms with van der Waals surface area (Å²) in [5.41, 5.74) is 5.99. The average Bonchev–Trinajstić information content (AvgIpc) is 2.93. The van der Waals surface area contributed by atoms with E-state index in [1.165, 1.54) is 6.92 Å². The quantitative estimate of drug-likeness (QED) is 0.139. The Kier molecular flexibility index (Phi) is 12.9. The van der Waals surface area contributed by atoms with Crippen LogP contribution in [0.25, 0.3) is 10.8 Å². The number of aliphatic carboxylic acids is 1. The number of carbonyl (C=O) groups excluding carboxylic acids is 5. The lowest BCUT2D eigenvalue weighted by molar-refractivity contribution is -0.139. The van der Waals surface area contributed by atoms with Crippen LogP contribution in [0.4, 0.5) is 0 Å². The number of aliphatic hydroxyl groups is 1. The van der Waals surface area contributed by atoms with Gasteiger partial charge in [0.05, 0.1) is 25.5 Å². The highest BCUT2D eigenvalue weighted by molar-refractivity contribution is 5.96. The lowest BCUT2D eigenvalue weighted by Gasteiger charge is -2.25. The molecule has 0 aromatic heterocycles. The molecule has 2 aromatic carbocycles. The number of nitrogens with two attached hydrogens (primary N) is 1. The summed E-state index contributed by atoms with van der Waals surface area (Å²) >= 11 is 0. The van der Waals surface area contributed by atoms with Crippen molar-refractivity contribution in [1.82, 2.24) is 21.3 Å². The number of carbonyl (C=O) groups is 6. The van der Waals surface area contributed by atoms with Crippen LogP contribution in [0.1, 0.15) is 45.6 Å². The third-order valence-electron chi connectivity index (χ3n) is 6.59. The number of hydrogen-bond acceptors (Lipinski definition) is 7. The molecular weight excluding hydrogens is 546 g/mol. The van der Waals surface area contributed by atoms with Crippen LogP contribution in [-0.4, -0.2) is 76.5 Å². The number of primary amides is 1. The van der Waals surface area contributed by atoms with Crippen LogP contribution in [0, 0.1) is 5.92 Å². The molecule has 0 heterocycles. The van der Waals surface area contributed by atoms with Crippen molar-refractivity contribution in [2.45, 2.75) is 70.6 Å². The average molecular weight is 586 g/mol. The Labute approximate surface area is 243 Å². The smallest absolute Gasteiger partial charge is 0.303 e. The van der Waals surface area contributed by atoms with Crippen LogP contribution >= 0.6 is 0 Å². The van der Waals surface area contributed by atoms with E-state index in [2.05, 4.69) is 21.3 Å². The van der Waals surface area contributed by atoms with Crippen molar-refractivity contribution in [1.29, 1.82) is 0 Å². The van der Waals surface area contributed by atoms with Gasteiger partial charge < -0.3 is 37.2 Å². The van der Waals surface area contributed by atoms with Crippen LogP contribution < -0.4 is 27.0 Å². The predicted octanol–water partition coefficient (Wildman–Crippen LogP) is -0.270. The lowest BCUT2D eigenvalue weighted by Crippen LogP contribution is -2.58. The molecule has 2 aromatic rings. The molecule has 228 valence electrons. The van der Waals surface area contributed by atoms with Gasteiger partial charge in [-0.05, 0) is 29.2 Å². The first-order valence-electron chi connectivity index (χ1n) is 13.6. The molecule has 42 heavy (non-hydrogen) atoms. The van der Waals surface area contributed by atoms with Gasteiger partial charge >= 0.3 is 5.97 Å². The number of benzene rings is 2. The number of nitrogens with one attached hydrogen (secondary N) is 4. The van der Waals surface area contributed by atoms with Crippen LogP contribution in [0.3, 0.4) is 0 Å². The molecular formula is C29H39N5O8. The third kappa shape index (κ3) is 10.8. The maximum atomic E-state index is 13.4. The molecule has 13 nitrogen and oxygen atoms in total. The van der Waals surface area contributed by atoms with Crippen LogP contribution in [0.2, 0.25) is 0 Å². The number of carboxylic acids is 1. The van der Waals surface area contributed by atoms with Gasteiger partial charge in [-0.3, -0.25) is 28.8 Å². The van der Waals surface area contributed by atoms with Gasteiger partial charge in [-0.1, -0.05) is 56.3 Å². The second-order valence-corrected chi connectivity index (χ2v) is 10.4. The lowest BCUT2D eigenvalue weighted by atomic mass is 10.0. The van der Waals surface area contributed by atoms with Crippen LogP contribution in [0.5, 0.6) is 0 Å². The molecule has 0 saturated carbocycles. The zero-order valence-electron chi connectivity index (χ0n) is 23.9. The fourth-order valence-electron chi connectivity index (χ4n) is 4.09. The molecule has 8 N–H and O–H groups in total. The summed E-state index contributed by atoms with van der Waals surface area (Å²) in [6, 6.07) is 8.66. The summed E-state index contributed by atoms with van der Waals surface area (Å²) in [5.74, 6) is -5.11. The Morgan fingerprint density at radius 3 is 2.02 bits per heavy atom. The monoisotopic (exact) mass is 585 g/mol. The van der Waals surface area contributed by atoms with E-state index in [0.29, 0.717) is 5.56 Å². The van der Waals surface area contributed by atoms with Gasteiger partial charge in [-0.25, -0.2) is 0 Å². The van der Waals surface area contributed by atoms with Gasteiger partial charge in [-0.2, -0.15) is 0 Å². The highest BCUT2D eigenvalue weighted by Crippen LogP contribution is 2.17. The Bertz CT molecular complexity index is 1300. The number of fused-ring (bicyclic) bond motifs is 1. The van der Waals surface area contributed by atoms with E-state index < -0.39 is 72.5 Å². The Morgan fingerprint density at radius 1 is 0.786 bits per heavy atom. The molecule has 4 atom stereocenters. The van der Waals surface area contributed by atoms with Gasteiger partial charge in [0.15, 0.2) is 0 Å². The summed E-state index contributed by atoms with van der Waals surface area (Å²) < 4.78 is 0. The SMILES string of the molecule is CC(C)[C@@H](CO)NC(=O)[C@H](C)NC(=O)[C@H](CC(N)=O)NC(=O)[C@H](Cc1ccc2ccccc2c1)NC(=O)CCC(=O)O.